The van der Waals surface area contributed by atoms with Crippen molar-refractivity contribution >= 4 is 196 Å². The number of rotatable bonds is 17. The van der Waals surface area contributed by atoms with Crippen molar-refractivity contribution in [3.63, 3.8) is 0 Å². The second-order valence-corrected chi connectivity index (χ2v) is 45.8. The molecule has 22 rings (SSSR count). The molecule has 0 bridgehead atoms. The Morgan fingerprint density at radius 3 is 0.796 bits per heavy atom. The van der Waals surface area contributed by atoms with Crippen LogP contribution in [0.2, 0.25) is 0 Å². The average molecular weight is 2190 g/mol. The second kappa shape index (κ2) is 61.3. The van der Waals surface area contributed by atoms with Crippen molar-refractivity contribution in [1.82, 2.24) is 19.9 Å². The van der Waals surface area contributed by atoms with Gasteiger partial charge in [0, 0.05) is 46.8 Å². The van der Waals surface area contributed by atoms with Crippen molar-refractivity contribution in [2.24, 2.45) is 0 Å². The van der Waals surface area contributed by atoms with Crippen LogP contribution in [-0.2, 0) is 48.9 Å². The maximum Gasteiger partial charge on any atom is 1.00 e. The zero-order chi connectivity index (χ0) is 95.8. The number of hydrogen-bond acceptors (Lipinski definition) is 15. The SMILES string of the molecule is Brc1ccc2scnc2c1.C.C1COCCO1.Cc1nc(-c2ccc(-c3ccc4scnc4c3)cc2)cs1.Cc1nc(-c2ccc(B3OC(C)(C)C(C)(C)O3)cc2)cs1.O=CO[O-].[H-].[Na+].[Na+].[Pd].c1ccc(P(c2ccccc2)c2ccccc2)cc1.c1ccc(P(c2ccccc2)c2ccccc2)cc1.c1ccc(P(c2ccccc2)c2ccccc2)cc1.c1ccc(P(c2ccccc2)c2ccccc2)cc1. The van der Waals surface area contributed by atoms with Gasteiger partial charge in [0.05, 0.1) is 90.5 Å². The zero-order valence-corrected chi connectivity index (χ0v) is 93.8. The fourth-order valence-electron chi connectivity index (χ4n) is 14.6. The van der Waals surface area contributed by atoms with Gasteiger partial charge in [-0.05, 0) is 184 Å². The third-order valence-corrected chi connectivity index (χ3v) is 35.5. The number of thiazole rings is 4. The molecule has 6 heterocycles. The van der Waals surface area contributed by atoms with E-state index in [1.165, 1.54) is 84.2 Å². The van der Waals surface area contributed by atoms with E-state index in [0.29, 0.717) is 0 Å². The molecule has 710 valence electrons. The van der Waals surface area contributed by atoms with E-state index in [0.717, 1.165) is 79.9 Å². The van der Waals surface area contributed by atoms with Crippen molar-refractivity contribution in [3.05, 3.63) is 485 Å². The van der Waals surface area contributed by atoms with Crippen molar-refractivity contribution in [2.45, 2.75) is 60.2 Å². The van der Waals surface area contributed by atoms with Gasteiger partial charge in [0.1, 0.15) is 0 Å². The summed E-state index contributed by atoms with van der Waals surface area (Å²) in [7, 11) is -2.09. The minimum Gasteiger partial charge on any atom is -1.00 e. The predicted octanol–water partition coefficient (Wildman–Crippen LogP) is 18.9. The van der Waals surface area contributed by atoms with Crippen LogP contribution in [0.25, 0.3) is 54.1 Å². The molecule has 2 aliphatic heterocycles. The zero-order valence-electron chi connectivity index (χ0n) is 80.8. The van der Waals surface area contributed by atoms with Gasteiger partial charge in [0.2, 0.25) is 0 Å². The van der Waals surface area contributed by atoms with Gasteiger partial charge in [-0.15, -0.1) is 45.3 Å². The van der Waals surface area contributed by atoms with E-state index in [9.17, 15) is 0 Å². The monoisotopic (exact) mass is 2190 g/mol. The van der Waals surface area contributed by atoms with Gasteiger partial charge in [-0.25, -0.2) is 19.9 Å². The molecule has 0 atom stereocenters. The molecule has 16 aromatic carbocycles. The Balaban J connectivity index is 0.000000183. The summed E-state index contributed by atoms with van der Waals surface area (Å²) < 4.78 is 25.6. The van der Waals surface area contributed by atoms with Crippen molar-refractivity contribution in [3.8, 4) is 33.6 Å². The third kappa shape index (κ3) is 34.5. The van der Waals surface area contributed by atoms with Gasteiger partial charge >= 0.3 is 66.2 Å². The first kappa shape index (κ1) is 115. The van der Waals surface area contributed by atoms with Crippen LogP contribution in [0.4, 0.5) is 0 Å². The largest absolute Gasteiger partial charge is 1.00 e. The van der Waals surface area contributed by atoms with E-state index in [-0.39, 0.29) is 113 Å². The Bertz CT molecular complexity index is 6050. The van der Waals surface area contributed by atoms with Crippen LogP contribution in [0.5, 0.6) is 0 Å². The summed E-state index contributed by atoms with van der Waals surface area (Å²) in [5.74, 6) is 0. The van der Waals surface area contributed by atoms with Gasteiger partial charge in [-0.2, -0.15) is 0 Å². The number of aromatic nitrogens is 4. The standard InChI is InChI=1S/4C18H15P.C17H12N2S2.C16H20BNO2S.C7H4BrNS.C4H8O2.CH2O3.CH4.2Na.Pd.H/c4*1-4-10-16(11-5-1)19(17-12-6-2-7-13-17)18-14-8-3-9-15-18;1-11-19-16(9-20-11)13-4-2-12(3-5-13)14-6-7-17-15(8-14)18-10-21-17;1-11-18-14(10-21-11)12-6-8-13(9-7-12)17-19-15(2,3)16(4,5)20-17;8-5-1-2-7-6(3-5)9-4-10-7;1-2-6-4-3-5-1;2-1-4-3;;;;;/h4*1-15H;2-10H,1H3;6-10H,1-5H3;1-4H;1-4H2;1,3H;1H4;;;;/q;;;;;;;;;;2*+1;;-1/p-1. The van der Waals surface area contributed by atoms with E-state index < -0.39 is 31.7 Å². The molecule has 2 saturated heterocycles. The number of carbonyl (C=O) groups is 1. The summed E-state index contributed by atoms with van der Waals surface area (Å²) in [5, 5.41) is 31.6. The number of halogens is 1. The quantitative estimate of drug-likeness (QED) is 0.0283. The number of nitrogens with zero attached hydrogens (tertiary/aromatic N) is 4. The molecule has 2 fully saturated rings. The minimum atomic E-state index is -0.446. The summed E-state index contributed by atoms with van der Waals surface area (Å²) in [6.07, 6.45) is 0. The summed E-state index contributed by atoms with van der Waals surface area (Å²) in [6.45, 7) is 15.3. The van der Waals surface area contributed by atoms with Crippen molar-refractivity contribution in [2.75, 3.05) is 26.4 Å². The first-order valence-electron chi connectivity index (χ1n) is 45.1. The molecule has 2 aliphatic rings. The topological polar surface area (TPSA) is 138 Å². The van der Waals surface area contributed by atoms with Crippen molar-refractivity contribution in [1.29, 1.82) is 0 Å². The van der Waals surface area contributed by atoms with E-state index >= 15 is 0 Å². The Morgan fingerprint density at radius 2 is 0.563 bits per heavy atom. The second-order valence-electron chi connectivity index (χ2n) is 32.1. The molecular formula is C118H110BBrN4Na2O7P4PdS4. The van der Waals surface area contributed by atoms with Gasteiger partial charge in [-0.1, -0.05) is 442 Å². The Labute approximate surface area is 926 Å². The molecule has 11 nitrogen and oxygen atoms in total. The maximum absolute atomic E-state index is 8.64. The normalized spacial score (nSPS) is 12.2. The fourth-order valence-corrected chi connectivity index (χ4v) is 26.8. The van der Waals surface area contributed by atoms with Gasteiger partial charge in [0.25, 0.3) is 6.47 Å². The number of fused-ring (bicyclic) bond motifs is 2. The smallest absolute Gasteiger partial charge is 1.00 e. The summed E-state index contributed by atoms with van der Waals surface area (Å²) in [6, 6.07) is 159. The average Bonchev–Trinajstić information content (AvgIpc) is 1.63. The molecule has 20 aromatic rings. The molecule has 0 radical (unpaired) electrons. The van der Waals surface area contributed by atoms with Crippen LogP contribution in [0.3, 0.4) is 0 Å². The van der Waals surface area contributed by atoms with Crippen LogP contribution in [0, 0.1) is 13.8 Å². The van der Waals surface area contributed by atoms with Crippen molar-refractivity contribution < 1.29 is 115 Å². The molecule has 0 aliphatic carbocycles. The molecule has 0 amide bonds. The Kier molecular flexibility index (Phi) is 49.5. The Morgan fingerprint density at radius 1 is 0.338 bits per heavy atom. The summed E-state index contributed by atoms with van der Waals surface area (Å²) >= 11 is 10.1. The summed E-state index contributed by atoms with van der Waals surface area (Å²) in [4.78, 5) is 28.8. The molecule has 4 aromatic heterocycles. The van der Waals surface area contributed by atoms with Gasteiger partial charge < -0.3 is 30.4 Å². The molecule has 0 saturated carbocycles. The van der Waals surface area contributed by atoms with E-state index in [1.54, 1.807) is 45.3 Å². The van der Waals surface area contributed by atoms with Crippen LogP contribution in [-0.4, -0.2) is 71.2 Å². The van der Waals surface area contributed by atoms with E-state index in [1.807, 2.05) is 37.0 Å². The Hall–Kier alpha value is -9.24. The van der Waals surface area contributed by atoms with E-state index in [2.05, 4.69) is 516 Å². The van der Waals surface area contributed by atoms with Crippen LogP contribution >= 0.6 is 93.0 Å². The number of benzene rings is 16. The fraction of sp³-hybridized carbons (Fsp3) is 0.110. The van der Waals surface area contributed by atoms with Gasteiger partial charge in [-0.3, -0.25) is 4.79 Å². The number of aryl methyl sites for hydroxylation is 2. The molecule has 0 N–H and O–H groups in total. The molecule has 24 heteroatoms. The van der Waals surface area contributed by atoms with Crippen LogP contribution in [0.15, 0.2) is 475 Å². The van der Waals surface area contributed by atoms with E-state index in [4.69, 9.17) is 28.8 Å². The third-order valence-electron chi connectivity index (χ3n) is 22.1. The predicted molar refractivity (Wildman–Crippen MR) is 603 cm³/mol. The number of ether oxygens (including phenoxy) is 2. The van der Waals surface area contributed by atoms with Gasteiger partial charge in [0.15, 0.2) is 0 Å². The molecule has 142 heavy (non-hydrogen) atoms. The number of carbonyl (C=O) groups excluding carboxylic acids is 1. The van der Waals surface area contributed by atoms with Crippen LogP contribution in [0.1, 0.15) is 46.6 Å². The minimum absolute atomic E-state index is 0. The first-order valence-corrected chi connectivity index (χ1v) is 54.8. The first-order chi connectivity index (χ1) is 67.6. The number of hydrogen-bond donors (Lipinski definition) is 0. The molecular weight excluding hydrogens is 2080 g/mol. The molecule has 0 unspecified atom stereocenters. The summed E-state index contributed by atoms with van der Waals surface area (Å²) in [5.41, 5.74) is 13.1. The molecule has 0 spiro atoms. The van der Waals surface area contributed by atoms with Crippen LogP contribution < -0.4 is 133 Å². The maximum atomic E-state index is 8.64.